The van der Waals surface area contributed by atoms with Crippen LogP contribution in [0.3, 0.4) is 0 Å². The lowest BCUT2D eigenvalue weighted by Gasteiger charge is -2.13. The molecule has 3 rings (SSSR count). The number of aliphatic hydroxyl groups is 1. The number of aliphatic hydroxyl groups excluding tert-OH is 1. The number of aromatic nitrogens is 3. The van der Waals surface area contributed by atoms with Crippen LogP contribution in [0.15, 0.2) is 48.5 Å². The van der Waals surface area contributed by atoms with E-state index in [4.69, 9.17) is 0 Å². The van der Waals surface area contributed by atoms with Gasteiger partial charge in [-0.15, -0.1) is 0 Å². The van der Waals surface area contributed by atoms with Gasteiger partial charge in [-0.25, -0.2) is 14.1 Å². The summed E-state index contributed by atoms with van der Waals surface area (Å²) in [6.45, 7) is 3.95. The van der Waals surface area contributed by atoms with Crippen LogP contribution in [0.4, 0.5) is 4.39 Å². The average Bonchev–Trinajstić information content (AvgIpc) is 2.88. The second kappa shape index (κ2) is 6.30. The molecule has 1 unspecified atom stereocenters. The Morgan fingerprint density at radius 1 is 1.13 bits per heavy atom. The molecule has 1 heterocycles. The molecule has 0 amide bonds. The number of rotatable bonds is 4. The fourth-order valence-electron chi connectivity index (χ4n) is 2.59. The van der Waals surface area contributed by atoms with Crippen LogP contribution >= 0.6 is 0 Å². The molecule has 118 valence electrons. The van der Waals surface area contributed by atoms with Crippen LogP contribution in [-0.2, 0) is 6.54 Å². The number of hydrogen-bond acceptors (Lipinski definition) is 3. The number of nitrogens with zero attached hydrogens (tertiary/aromatic N) is 3. The number of halogens is 1. The van der Waals surface area contributed by atoms with E-state index < -0.39 is 11.9 Å². The first-order chi connectivity index (χ1) is 11.0. The molecule has 5 heteroatoms. The molecule has 0 radical (unpaired) electrons. The largest absolute Gasteiger partial charge is 0.386 e. The van der Waals surface area contributed by atoms with E-state index in [0.29, 0.717) is 11.6 Å². The Morgan fingerprint density at radius 3 is 2.65 bits per heavy atom. The Bertz CT molecular complexity index is 829. The topological polar surface area (TPSA) is 50.9 Å². The van der Waals surface area contributed by atoms with Gasteiger partial charge < -0.3 is 5.11 Å². The SMILES string of the molecule is Cc1cccc(-c2nc(C)nn2CC(O)c2ccccc2F)c1. The molecule has 0 bridgehead atoms. The molecule has 1 atom stereocenters. The first-order valence-corrected chi connectivity index (χ1v) is 7.45. The zero-order valence-corrected chi connectivity index (χ0v) is 13.1. The van der Waals surface area contributed by atoms with Crippen molar-refractivity contribution in [2.45, 2.75) is 26.5 Å². The van der Waals surface area contributed by atoms with Crippen molar-refractivity contribution < 1.29 is 9.50 Å². The van der Waals surface area contributed by atoms with Gasteiger partial charge in [-0.2, -0.15) is 5.10 Å². The normalized spacial score (nSPS) is 12.3. The predicted molar refractivity (Wildman–Crippen MR) is 86.3 cm³/mol. The molecule has 1 aromatic heterocycles. The minimum absolute atomic E-state index is 0.144. The third-order valence-electron chi connectivity index (χ3n) is 3.66. The van der Waals surface area contributed by atoms with Gasteiger partial charge in [0, 0.05) is 11.1 Å². The molecular weight excluding hydrogens is 293 g/mol. The summed E-state index contributed by atoms with van der Waals surface area (Å²) in [7, 11) is 0. The van der Waals surface area contributed by atoms with E-state index in [1.54, 1.807) is 29.8 Å². The van der Waals surface area contributed by atoms with Gasteiger partial charge in [0.05, 0.1) is 6.54 Å². The summed E-state index contributed by atoms with van der Waals surface area (Å²) in [5.74, 6) is 0.859. The number of aryl methyl sites for hydroxylation is 2. The molecule has 2 aromatic carbocycles. The van der Waals surface area contributed by atoms with Crippen LogP contribution in [0.5, 0.6) is 0 Å². The first kappa shape index (κ1) is 15.4. The fourth-order valence-corrected chi connectivity index (χ4v) is 2.59. The Kier molecular flexibility index (Phi) is 4.21. The lowest BCUT2D eigenvalue weighted by atomic mass is 10.1. The molecule has 1 N–H and O–H groups in total. The van der Waals surface area contributed by atoms with Crippen molar-refractivity contribution in [3.63, 3.8) is 0 Å². The summed E-state index contributed by atoms with van der Waals surface area (Å²) in [6.07, 6.45) is -0.985. The van der Waals surface area contributed by atoms with Gasteiger partial charge in [-0.05, 0) is 26.0 Å². The average molecular weight is 311 g/mol. The maximum absolute atomic E-state index is 13.8. The van der Waals surface area contributed by atoms with Gasteiger partial charge >= 0.3 is 0 Å². The third kappa shape index (κ3) is 3.29. The predicted octanol–water partition coefficient (Wildman–Crippen LogP) is 3.43. The quantitative estimate of drug-likeness (QED) is 0.803. The lowest BCUT2D eigenvalue weighted by Crippen LogP contribution is -2.12. The fraction of sp³-hybridized carbons (Fsp3) is 0.222. The van der Waals surface area contributed by atoms with Crippen LogP contribution in [-0.4, -0.2) is 19.9 Å². The van der Waals surface area contributed by atoms with Crippen molar-refractivity contribution in [3.8, 4) is 11.4 Å². The van der Waals surface area contributed by atoms with Crippen molar-refractivity contribution >= 4 is 0 Å². The van der Waals surface area contributed by atoms with Crippen molar-refractivity contribution in [2.75, 3.05) is 0 Å². The lowest BCUT2D eigenvalue weighted by molar-refractivity contribution is 0.147. The minimum Gasteiger partial charge on any atom is -0.386 e. The summed E-state index contributed by atoms with van der Waals surface area (Å²) < 4.78 is 15.4. The van der Waals surface area contributed by atoms with Crippen LogP contribution in [0.2, 0.25) is 0 Å². The molecule has 0 saturated carbocycles. The van der Waals surface area contributed by atoms with Gasteiger partial charge in [-0.1, -0.05) is 42.0 Å². The van der Waals surface area contributed by atoms with Crippen LogP contribution in [0, 0.1) is 19.7 Å². The second-order valence-electron chi connectivity index (χ2n) is 5.57. The van der Waals surface area contributed by atoms with Gasteiger partial charge in [0.15, 0.2) is 5.82 Å². The molecule has 0 fully saturated rings. The van der Waals surface area contributed by atoms with Crippen molar-refractivity contribution in [1.82, 2.24) is 14.8 Å². The standard InChI is InChI=1S/C18H18FN3O/c1-12-6-5-7-14(10-12)18-20-13(2)21-22(18)11-17(23)15-8-3-4-9-16(15)19/h3-10,17,23H,11H2,1-2H3. The Balaban J connectivity index is 1.94. The van der Waals surface area contributed by atoms with Crippen LogP contribution in [0.25, 0.3) is 11.4 Å². The van der Waals surface area contributed by atoms with Crippen molar-refractivity contribution in [2.24, 2.45) is 0 Å². The summed E-state index contributed by atoms with van der Waals surface area (Å²) in [4.78, 5) is 4.44. The molecule has 3 aromatic rings. The maximum Gasteiger partial charge on any atom is 0.158 e. The van der Waals surface area contributed by atoms with Gasteiger partial charge in [-0.3, -0.25) is 0 Å². The van der Waals surface area contributed by atoms with E-state index in [2.05, 4.69) is 10.1 Å². The monoisotopic (exact) mass is 311 g/mol. The highest BCUT2D eigenvalue weighted by molar-refractivity contribution is 5.56. The molecule has 0 spiro atoms. The molecule has 0 saturated heterocycles. The highest BCUT2D eigenvalue weighted by atomic mass is 19.1. The Hall–Kier alpha value is -2.53. The molecule has 0 aliphatic heterocycles. The summed E-state index contributed by atoms with van der Waals surface area (Å²) in [6, 6.07) is 14.1. The summed E-state index contributed by atoms with van der Waals surface area (Å²) in [5, 5.41) is 14.7. The minimum atomic E-state index is -0.985. The first-order valence-electron chi connectivity index (χ1n) is 7.45. The Labute approximate surface area is 134 Å². The smallest absolute Gasteiger partial charge is 0.158 e. The number of hydrogen-bond donors (Lipinski definition) is 1. The number of benzene rings is 2. The maximum atomic E-state index is 13.8. The van der Waals surface area contributed by atoms with E-state index in [1.807, 2.05) is 31.2 Å². The highest BCUT2D eigenvalue weighted by Gasteiger charge is 2.17. The van der Waals surface area contributed by atoms with Gasteiger partial charge in [0.2, 0.25) is 0 Å². The van der Waals surface area contributed by atoms with E-state index in [9.17, 15) is 9.50 Å². The molecule has 0 aliphatic carbocycles. The van der Waals surface area contributed by atoms with E-state index in [1.165, 1.54) is 6.07 Å². The molecular formula is C18H18FN3O. The van der Waals surface area contributed by atoms with Gasteiger partial charge in [0.1, 0.15) is 17.7 Å². The van der Waals surface area contributed by atoms with E-state index in [0.717, 1.165) is 11.1 Å². The molecule has 4 nitrogen and oxygen atoms in total. The Morgan fingerprint density at radius 2 is 1.91 bits per heavy atom. The summed E-state index contributed by atoms with van der Waals surface area (Å²) in [5.41, 5.74) is 2.30. The second-order valence-corrected chi connectivity index (χ2v) is 5.57. The van der Waals surface area contributed by atoms with Crippen LogP contribution < -0.4 is 0 Å². The highest BCUT2D eigenvalue weighted by Crippen LogP contribution is 2.23. The van der Waals surface area contributed by atoms with Crippen LogP contribution in [0.1, 0.15) is 23.1 Å². The molecule has 0 aliphatic rings. The van der Waals surface area contributed by atoms with E-state index in [-0.39, 0.29) is 12.1 Å². The zero-order valence-electron chi connectivity index (χ0n) is 13.1. The zero-order chi connectivity index (χ0) is 16.4. The van der Waals surface area contributed by atoms with Crippen molar-refractivity contribution in [3.05, 3.63) is 71.3 Å². The molecule has 23 heavy (non-hydrogen) atoms. The summed E-state index contributed by atoms with van der Waals surface area (Å²) >= 11 is 0. The third-order valence-corrected chi connectivity index (χ3v) is 3.66. The van der Waals surface area contributed by atoms with E-state index >= 15 is 0 Å². The van der Waals surface area contributed by atoms with Crippen molar-refractivity contribution in [1.29, 1.82) is 0 Å². The van der Waals surface area contributed by atoms with Gasteiger partial charge in [0.25, 0.3) is 0 Å².